The van der Waals surface area contributed by atoms with Crippen molar-refractivity contribution >= 4 is 29.9 Å². The van der Waals surface area contributed by atoms with E-state index < -0.39 is 45.8 Å². The average Bonchev–Trinajstić information content (AvgIpc) is 2.92. The van der Waals surface area contributed by atoms with Crippen molar-refractivity contribution in [3.63, 3.8) is 0 Å². The van der Waals surface area contributed by atoms with Gasteiger partial charge < -0.3 is 4.90 Å². The van der Waals surface area contributed by atoms with Gasteiger partial charge in [0.25, 0.3) is 5.91 Å². The summed E-state index contributed by atoms with van der Waals surface area (Å²) in [6, 6.07) is 8.61. The summed E-state index contributed by atoms with van der Waals surface area (Å²) < 4.78 is 55.4. The smallest absolute Gasteiger partial charge is 0.327 e. The van der Waals surface area contributed by atoms with Gasteiger partial charge in [-0.1, -0.05) is 0 Å². The summed E-state index contributed by atoms with van der Waals surface area (Å²) in [5, 5.41) is 17.6. The Morgan fingerprint density at radius 3 is 2.45 bits per heavy atom. The monoisotopic (exact) mass is 477 g/mol. The Balaban J connectivity index is 2.02. The predicted octanol–water partition coefficient (Wildman–Crippen LogP) is 4.80. The Morgan fingerprint density at radius 2 is 1.91 bits per heavy atom. The largest absolute Gasteiger partial charge is 0.420 e. The number of unbranched alkanes of at least 4 members (excludes halogenated alkanes) is 1. The van der Waals surface area contributed by atoms with Crippen molar-refractivity contribution in [3.05, 3.63) is 53.1 Å². The maximum Gasteiger partial charge on any atom is 0.420 e. The Kier molecular flexibility index (Phi) is 6.57. The summed E-state index contributed by atoms with van der Waals surface area (Å²) in [5.74, 6) is -2.38. The average molecular weight is 477 g/mol. The highest BCUT2D eigenvalue weighted by Gasteiger charge is 2.53. The van der Waals surface area contributed by atoms with Crippen LogP contribution in [0.25, 0.3) is 0 Å². The van der Waals surface area contributed by atoms with Crippen LogP contribution in [0.5, 0.6) is 0 Å². The number of carbonyl (C=O) groups excluding carboxylic acids is 1. The number of aromatic nitrogens is 1. The van der Waals surface area contributed by atoms with Gasteiger partial charge in [0.15, 0.2) is 11.3 Å². The SMILES string of the molecule is CC1(C)C(=O)N(c2ccc(C#N)c(C(F)(F)F)c2F)C(S)N1c1ccc(CCCC#N)nc1. The molecule has 1 aromatic carbocycles. The molecule has 1 fully saturated rings. The van der Waals surface area contributed by atoms with E-state index in [2.05, 4.69) is 23.7 Å². The molecule has 1 aliphatic heterocycles. The number of aryl methyl sites for hydroxylation is 1. The van der Waals surface area contributed by atoms with E-state index in [1.54, 1.807) is 26.0 Å². The van der Waals surface area contributed by atoms with Gasteiger partial charge in [0.2, 0.25) is 0 Å². The first-order chi connectivity index (χ1) is 15.4. The summed E-state index contributed by atoms with van der Waals surface area (Å²) >= 11 is 4.43. The van der Waals surface area contributed by atoms with Gasteiger partial charge in [-0.25, -0.2) is 4.39 Å². The molecule has 6 nitrogen and oxygen atoms in total. The molecule has 11 heteroatoms. The van der Waals surface area contributed by atoms with Crippen molar-refractivity contribution in [2.75, 3.05) is 9.80 Å². The van der Waals surface area contributed by atoms with Crippen LogP contribution >= 0.6 is 12.6 Å². The summed E-state index contributed by atoms with van der Waals surface area (Å²) in [5.41, 5.74) is -4.45. The number of pyridine rings is 1. The molecule has 0 aliphatic carbocycles. The van der Waals surface area contributed by atoms with E-state index in [-0.39, 0.29) is 0 Å². The molecule has 0 saturated carbocycles. The normalized spacial score (nSPS) is 17.7. The zero-order valence-electron chi connectivity index (χ0n) is 17.7. The highest BCUT2D eigenvalue weighted by molar-refractivity contribution is 7.81. The molecule has 1 amide bonds. The van der Waals surface area contributed by atoms with E-state index in [1.165, 1.54) is 17.2 Å². The van der Waals surface area contributed by atoms with Crippen LogP contribution in [0.2, 0.25) is 0 Å². The third kappa shape index (κ3) is 4.33. The number of carbonyl (C=O) groups is 1. The molecular formula is C22H19F4N5OS. The lowest BCUT2D eigenvalue weighted by Gasteiger charge is -2.33. The number of anilines is 2. The second-order valence-electron chi connectivity index (χ2n) is 7.90. The Morgan fingerprint density at radius 1 is 1.21 bits per heavy atom. The van der Waals surface area contributed by atoms with E-state index in [0.29, 0.717) is 24.9 Å². The van der Waals surface area contributed by atoms with Crippen molar-refractivity contribution in [1.82, 2.24) is 4.98 Å². The Hall–Kier alpha value is -3.31. The maximum atomic E-state index is 15.0. The van der Waals surface area contributed by atoms with E-state index in [9.17, 15) is 18.0 Å². The molecule has 1 atom stereocenters. The molecule has 33 heavy (non-hydrogen) atoms. The van der Waals surface area contributed by atoms with Crippen molar-refractivity contribution < 1.29 is 22.4 Å². The first-order valence-electron chi connectivity index (χ1n) is 9.88. The Bertz CT molecular complexity index is 1150. The van der Waals surface area contributed by atoms with Gasteiger partial charge in [-0.15, -0.1) is 12.6 Å². The lowest BCUT2D eigenvalue weighted by atomic mass is 10.0. The first-order valence-corrected chi connectivity index (χ1v) is 10.4. The van der Waals surface area contributed by atoms with Gasteiger partial charge in [-0.2, -0.15) is 23.7 Å². The van der Waals surface area contributed by atoms with Crippen molar-refractivity contribution in [1.29, 1.82) is 10.5 Å². The molecule has 3 rings (SSSR count). The van der Waals surface area contributed by atoms with Crippen LogP contribution in [-0.2, 0) is 17.4 Å². The van der Waals surface area contributed by atoms with Crippen LogP contribution in [0.1, 0.15) is 43.5 Å². The number of hydrogen-bond acceptors (Lipinski definition) is 6. The molecular weight excluding hydrogens is 458 g/mol. The topological polar surface area (TPSA) is 84.0 Å². The van der Waals surface area contributed by atoms with Crippen molar-refractivity contribution in [2.45, 2.75) is 50.3 Å². The van der Waals surface area contributed by atoms with E-state index in [1.807, 2.05) is 0 Å². The maximum absolute atomic E-state index is 15.0. The summed E-state index contributed by atoms with van der Waals surface area (Å²) in [6.07, 6.45) is -2.01. The summed E-state index contributed by atoms with van der Waals surface area (Å²) in [7, 11) is 0. The number of amides is 1. The molecule has 1 aromatic heterocycles. The minimum Gasteiger partial charge on any atom is -0.327 e. The highest BCUT2D eigenvalue weighted by Crippen LogP contribution is 2.43. The number of hydrogen-bond donors (Lipinski definition) is 1. The van der Waals surface area contributed by atoms with E-state index >= 15 is 4.39 Å². The van der Waals surface area contributed by atoms with Gasteiger partial charge in [-0.3, -0.25) is 14.7 Å². The van der Waals surface area contributed by atoms with Gasteiger partial charge in [0.05, 0.1) is 35.3 Å². The number of benzene rings is 1. The second-order valence-corrected chi connectivity index (χ2v) is 8.36. The Labute approximate surface area is 193 Å². The molecule has 0 N–H and O–H groups in total. The number of halogens is 4. The minimum absolute atomic E-state index is 0.390. The lowest BCUT2D eigenvalue weighted by Crippen LogP contribution is -2.45. The van der Waals surface area contributed by atoms with Crippen molar-refractivity contribution in [2.24, 2.45) is 0 Å². The van der Waals surface area contributed by atoms with Crippen LogP contribution in [0.15, 0.2) is 30.5 Å². The number of rotatable bonds is 5. The molecule has 1 aliphatic rings. The number of nitrogens with zero attached hydrogens (tertiary/aromatic N) is 5. The molecule has 2 heterocycles. The molecule has 0 bridgehead atoms. The molecule has 172 valence electrons. The van der Waals surface area contributed by atoms with E-state index in [0.717, 1.165) is 22.7 Å². The third-order valence-electron chi connectivity index (χ3n) is 5.40. The quantitative estimate of drug-likeness (QED) is 0.380. The van der Waals surface area contributed by atoms with Gasteiger partial charge in [0.1, 0.15) is 11.1 Å². The van der Waals surface area contributed by atoms with Crippen LogP contribution in [0, 0.1) is 28.5 Å². The molecule has 0 radical (unpaired) electrons. The molecule has 1 unspecified atom stereocenters. The zero-order valence-corrected chi connectivity index (χ0v) is 18.6. The van der Waals surface area contributed by atoms with Gasteiger partial charge in [0, 0.05) is 12.1 Å². The highest BCUT2D eigenvalue weighted by atomic mass is 32.1. The lowest BCUT2D eigenvalue weighted by molar-refractivity contribution is -0.140. The fourth-order valence-electron chi connectivity index (χ4n) is 3.77. The predicted molar refractivity (Wildman–Crippen MR) is 116 cm³/mol. The molecule has 2 aromatic rings. The fourth-order valence-corrected chi connectivity index (χ4v) is 4.43. The molecule has 0 spiro atoms. The number of alkyl halides is 3. The summed E-state index contributed by atoms with van der Waals surface area (Å²) in [6.45, 7) is 3.09. The van der Waals surface area contributed by atoms with Gasteiger partial charge in [-0.05, 0) is 51.0 Å². The second kappa shape index (κ2) is 8.91. The zero-order chi connectivity index (χ0) is 24.6. The fraction of sp³-hybridized carbons (Fsp3) is 0.364. The number of nitriles is 2. The summed E-state index contributed by atoms with van der Waals surface area (Å²) in [4.78, 5) is 19.9. The molecule has 1 saturated heterocycles. The van der Waals surface area contributed by atoms with Crippen molar-refractivity contribution in [3.8, 4) is 12.1 Å². The first kappa shape index (κ1) is 24.3. The van der Waals surface area contributed by atoms with Crippen LogP contribution in [-0.4, -0.2) is 21.9 Å². The number of thiol groups is 1. The van der Waals surface area contributed by atoms with Crippen LogP contribution < -0.4 is 9.80 Å². The van der Waals surface area contributed by atoms with Crippen LogP contribution in [0.3, 0.4) is 0 Å². The van der Waals surface area contributed by atoms with Gasteiger partial charge >= 0.3 is 6.18 Å². The minimum atomic E-state index is -5.12. The van der Waals surface area contributed by atoms with E-state index in [4.69, 9.17) is 10.5 Å². The van der Waals surface area contributed by atoms with Crippen LogP contribution in [0.4, 0.5) is 28.9 Å². The third-order valence-corrected chi connectivity index (χ3v) is 5.86. The standard InChI is InChI=1S/C22H19F4N5OS/c1-21(2)19(32)30(16-9-6-13(11-28)17(18(16)23)22(24,25)26)20(33)31(21)15-8-7-14(29-12-15)5-3-4-10-27/h6-9,12,20,33H,3-5H2,1-2H3.